The fraction of sp³-hybridized carbons (Fsp3) is 0.731. The van der Waals surface area contributed by atoms with Gasteiger partial charge in [0.2, 0.25) is 0 Å². The Balaban J connectivity index is 1.46. The maximum absolute atomic E-state index is 12.6. The molecule has 2 aliphatic heterocycles. The standard InChI is InChI=1S/C26H43N5O4/c1-4-35-19-18-30(15-6-5-9-21-11-10-20-8-7-14-27-23(20)28-21)16-12-22(24(32)33)29-25(34)31-17-13-26(31,2)3/h10-11,22H,4-9,12-19H2,1-3H3,(H,27,28)(H,29,34)(H,32,33)/t22-/m0/s1. The number of carboxylic acid groups (broad SMARTS) is 1. The van der Waals surface area contributed by atoms with Crippen molar-refractivity contribution >= 4 is 17.8 Å². The minimum Gasteiger partial charge on any atom is -0.480 e. The van der Waals surface area contributed by atoms with Crippen LogP contribution in [0.5, 0.6) is 0 Å². The zero-order valence-corrected chi connectivity index (χ0v) is 21.6. The second-order valence-corrected chi connectivity index (χ2v) is 10.2. The number of urea groups is 1. The van der Waals surface area contributed by atoms with E-state index in [0.29, 0.717) is 32.7 Å². The number of ether oxygens (including phenoxy) is 1. The number of aromatic nitrogens is 1. The Hall–Kier alpha value is -2.39. The number of unbranched alkanes of at least 4 members (excludes halogenated alkanes) is 1. The lowest BCUT2D eigenvalue weighted by Gasteiger charge is -2.48. The van der Waals surface area contributed by atoms with Crippen molar-refractivity contribution in [1.82, 2.24) is 20.1 Å². The van der Waals surface area contributed by atoms with E-state index < -0.39 is 12.0 Å². The van der Waals surface area contributed by atoms with Gasteiger partial charge in [0.05, 0.1) is 6.61 Å². The second kappa shape index (κ2) is 13.1. The van der Waals surface area contributed by atoms with Crippen LogP contribution in [0.1, 0.15) is 64.1 Å². The number of rotatable bonds is 14. The first-order valence-corrected chi connectivity index (χ1v) is 13.1. The van der Waals surface area contributed by atoms with E-state index in [1.165, 1.54) is 5.56 Å². The largest absolute Gasteiger partial charge is 0.480 e. The van der Waals surface area contributed by atoms with Crippen molar-refractivity contribution in [3.63, 3.8) is 0 Å². The van der Waals surface area contributed by atoms with Gasteiger partial charge < -0.3 is 30.3 Å². The van der Waals surface area contributed by atoms with Gasteiger partial charge in [-0.3, -0.25) is 0 Å². The molecule has 0 aliphatic carbocycles. The van der Waals surface area contributed by atoms with E-state index in [-0.39, 0.29) is 11.6 Å². The van der Waals surface area contributed by atoms with Crippen LogP contribution >= 0.6 is 0 Å². The molecule has 1 aromatic heterocycles. The van der Waals surface area contributed by atoms with Crippen molar-refractivity contribution in [3.8, 4) is 0 Å². The Bertz CT molecular complexity index is 847. The first kappa shape index (κ1) is 27.2. The van der Waals surface area contributed by atoms with Gasteiger partial charge in [-0.1, -0.05) is 6.07 Å². The molecule has 9 heteroatoms. The van der Waals surface area contributed by atoms with Gasteiger partial charge in [-0.25, -0.2) is 14.6 Å². The number of aliphatic carboxylic acids is 1. The smallest absolute Gasteiger partial charge is 0.326 e. The van der Waals surface area contributed by atoms with E-state index >= 15 is 0 Å². The molecule has 0 unspecified atom stereocenters. The summed E-state index contributed by atoms with van der Waals surface area (Å²) in [5, 5.41) is 15.8. The highest BCUT2D eigenvalue weighted by molar-refractivity contribution is 5.83. The lowest BCUT2D eigenvalue weighted by atomic mass is 9.89. The molecule has 3 heterocycles. The number of carbonyl (C=O) groups is 2. The normalized spacial score (nSPS) is 17.3. The van der Waals surface area contributed by atoms with E-state index in [1.54, 1.807) is 4.90 Å². The average molecular weight is 490 g/mol. The van der Waals surface area contributed by atoms with E-state index in [9.17, 15) is 14.7 Å². The summed E-state index contributed by atoms with van der Waals surface area (Å²) in [6.07, 6.45) is 6.48. The number of anilines is 1. The zero-order valence-electron chi connectivity index (χ0n) is 21.6. The first-order chi connectivity index (χ1) is 16.8. The number of nitrogens with zero attached hydrogens (tertiary/aromatic N) is 3. The summed E-state index contributed by atoms with van der Waals surface area (Å²) in [6.45, 7) is 11.1. The van der Waals surface area contributed by atoms with Crippen molar-refractivity contribution < 1.29 is 19.4 Å². The average Bonchev–Trinajstić information content (AvgIpc) is 2.83. The van der Waals surface area contributed by atoms with E-state index in [4.69, 9.17) is 9.72 Å². The first-order valence-electron chi connectivity index (χ1n) is 13.1. The number of fused-ring (bicyclic) bond motifs is 1. The van der Waals surface area contributed by atoms with Gasteiger partial charge in [0.1, 0.15) is 11.9 Å². The maximum atomic E-state index is 12.6. The summed E-state index contributed by atoms with van der Waals surface area (Å²) in [5.74, 6) is 0.0454. The SMILES string of the molecule is CCOCCN(CCCCc1ccc2c(n1)NCCC2)CC[C@H](NC(=O)N1CCC1(C)C)C(=O)O. The molecule has 9 nitrogen and oxygen atoms in total. The quantitative estimate of drug-likeness (QED) is 0.345. The molecule has 1 saturated heterocycles. The summed E-state index contributed by atoms with van der Waals surface area (Å²) in [4.78, 5) is 33.1. The topological polar surface area (TPSA) is 107 Å². The molecule has 1 aromatic rings. The molecular weight excluding hydrogens is 446 g/mol. The molecule has 3 N–H and O–H groups in total. The molecule has 3 rings (SSSR count). The van der Waals surface area contributed by atoms with Gasteiger partial charge >= 0.3 is 12.0 Å². The van der Waals surface area contributed by atoms with Crippen LogP contribution in [-0.2, 0) is 22.4 Å². The van der Waals surface area contributed by atoms with E-state index in [2.05, 4.69) is 27.7 Å². The lowest BCUT2D eigenvalue weighted by molar-refractivity contribution is -0.139. The van der Waals surface area contributed by atoms with Crippen molar-refractivity contribution in [3.05, 3.63) is 23.4 Å². The summed E-state index contributed by atoms with van der Waals surface area (Å²) in [6, 6.07) is 3.14. The predicted octanol–water partition coefficient (Wildman–Crippen LogP) is 3.14. The van der Waals surface area contributed by atoms with Crippen LogP contribution in [0.2, 0.25) is 0 Å². The highest BCUT2D eigenvalue weighted by Crippen LogP contribution is 2.29. The summed E-state index contributed by atoms with van der Waals surface area (Å²) >= 11 is 0. The number of carbonyl (C=O) groups excluding carboxylic acids is 1. The monoisotopic (exact) mass is 489 g/mol. The van der Waals surface area contributed by atoms with Crippen molar-refractivity contribution in [2.24, 2.45) is 0 Å². The minimum atomic E-state index is -0.992. The Labute approximate surface area is 209 Å². The van der Waals surface area contributed by atoms with Gasteiger partial charge in [-0.15, -0.1) is 0 Å². The Morgan fingerprint density at radius 3 is 2.80 bits per heavy atom. The van der Waals surface area contributed by atoms with Crippen LogP contribution in [0, 0.1) is 0 Å². The van der Waals surface area contributed by atoms with Crippen LogP contribution in [0.3, 0.4) is 0 Å². The molecule has 35 heavy (non-hydrogen) atoms. The minimum absolute atomic E-state index is 0.209. The second-order valence-electron chi connectivity index (χ2n) is 10.2. The summed E-state index contributed by atoms with van der Waals surface area (Å²) < 4.78 is 5.54. The summed E-state index contributed by atoms with van der Waals surface area (Å²) in [7, 11) is 0. The van der Waals surface area contributed by atoms with Crippen LogP contribution in [0.25, 0.3) is 0 Å². The Morgan fingerprint density at radius 1 is 1.29 bits per heavy atom. The molecular formula is C26H43N5O4. The van der Waals surface area contributed by atoms with Crippen LogP contribution in [0.15, 0.2) is 12.1 Å². The fourth-order valence-electron chi connectivity index (χ4n) is 4.67. The fourth-order valence-corrected chi connectivity index (χ4v) is 4.67. The molecule has 1 fully saturated rings. The number of amides is 2. The van der Waals surface area contributed by atoms with Crippen LogP contribution in [0.4, 0.5) is 10.6 Å². The maximum Gasteiger partial charge on any atom is 0.326 e. The zero-order chi connectivity index (χ0) is 25.3. The highest BCUT2D eigenvalue weighted by atomic mass is 16.5. The van der Waals surface area contributed by atoms with Crippen molar-refractivity contribution in [2.75, 3.05) is 51.3 Å². The number of hydrogen-bond donors (Lipinski definition) is 3. The predicted molar refractivity (Wildman–Crippen MR) is 137 cm³/mol. The molecule has 1 atom stereocenters. The van der Waals surface area contributed by atoms with Gasteiger partial charge in [-0.05, 0) is 83.9 Å². The molecule has 196 valence electrons. The van der Waals surface area contributed by atoms with E-state index in [1.807, 2.05) is 20.8 Å². The molecule has 0 spiro atoms. The lowest BCUT2D eigenvalue weighted by Crippen LogP contribution is -2.63. The highest BCUT2D eigenvalue weighted by Gasteiger charge is 2.40. The van der Waals surface area contributed by atoms with Crippen molar-refractivity contribution in [2.45, 2.75) is 77.3 Å². The third kappa shape index (κ3) is 8.07. The third-order valence-electron chi connectivity index (χ3n) is 7.12. The number of likely N-dealkylation sites (tertiary alicyclic amines) is 1. The van der Waals surface area contributed by atoms with E-state index in [0.717, 1.165) is 69.7 Å². The molecule has 0 radical (unpaired) electrons. The molecule has 2 amide bonds. The number of hydrogen-bond acceptors (Lipinski definition) is 6. The van der Waals surface area contributed by atoms with Crippen molar-refractivity contribution in [1.29, 1.82) is 0 Å². The molecule has 0 aromatic carbocycles. The van der Waals surface area contributed by atoms with Crippen LogP contribution in [-0.4, -0.2) is 89.4 Å². The van der Waals surface area contributed by atoms with Gasteiger partial charge in [-0.2, -0.15) is 0 Å². The number of aryl methyl sites for hydroxylation is 2. The van der Waals surface area contributed by atoms with Gasteiger partial charge in [0, 0.05) is 44.0 Å². The summed E-state index contributed by atoms with van der Waals surface area (Å²) in [5.41, 5.74) is 2.21. The number of nitrogens with one attached hydrogen (secondary N) is 2. The Kier molecular flexibility index (Phi) is 10.2. The third-order valence-corrected chi connectivity index (χ3v) is 7.12. The number of pyridine rings is 1. The Morgan fingerprint density at radius 2 is 2.11 bits per heavy atom. The van der Waals surface area contributed by atoms with Gasteiger partial charge in [0.25, 0.3) is 0 Å². The van der Waals surface area contributed by atoms with Gasteiger partial charge in [0.15, 0.2) is 0 Å². The molecule has 0 saturated carbocycles. The molecule has 2 aliphatic rings. The number of carboxylic acids is 1. The van der Waals surface area contributed by atoms with Crippen LogP contribution < -0.4 is 10.6 Å². The molecule has 0 bridgehead atoms.